The molecule has 0 atom stereocenters. The van der Waals surface area contributed by atoms with Crippen LogP contribution in [0, 0.1) is 0 Å². The van der Waals surface area contributed by atoms with Gasteiger partial charge in [-0.3, -0.25) is 0 Å². The van der Waals surface area contributed by atoms with Crippen molar-refractivity contribution in [2.45, 2.75) is 6.92 Å². The fourth-order valence-corrected chi connectivity index (χ4v) is 0.285. The van der Waals surface area contributed by atoms with Crippen LogP contribution in [0.2, 0.25) is 0 Å². The number of hydrogen-bond donors (Lipinski definition) is 1. The van der Waals surface area contributed by atoms with E-state index in [-0.39, 0.29) is 11.7 Å². The van der Waals surface area contributed by atoms with Crippen molar-refractivity contribution in [1.29, 1.82) is 0 Å². The second-order valence-corrected chi connectivity index (χ2v) is 1.43. The van der Waals surface area contributed by atoms with Gasteiger partial charge in [-0.15, -0.1) is 0 Å². The lowest BCUT2D eigenvalue weighted by atomic mass is 10.7. The van der Waals surface area contributed by atoms with E-state index in [1.54, 1.807) is 6.92 Å². The molecule has 0 aromatic carbocycles. The Morgan fingerprint density at radius 2 is 2.43 bits per heavy atom. The normalized spacial score (nSPS) is 8.29. The third-order valence-electron chi connectivity index (χ3n) is 0.517. The molecule has 0 aliphatic rings. The zero-order valence-electron chi connectivity index (χ0n) is 4.02. The van der Waals surface area contributed by atoms with Crippen LogP contribution in [0.3, 0.4) is 0 Å². The van der Waals surface area contributed by atoms with Crippen LogP contribution in [-0.2, 0) is 0 Å². The first-order chi connectivity index (χ1) is 3.18. The highest BCUT2D eigenvalue weighted by Crippen LogP contribution is 1.83. The minimum atomic E-state index is -0.206. The average molecular weight is 122 g/mol. The molecule has 0 amide bonds. The maximum absolute atomic E-state index is 11.8. The highest BCUT2D eigenvalue weighted by molar-refractivity contribution is 7.80. The summed E-state index contributed by atoms with van der Waals surface area (Å²) in [6.07, 6.45) is 0. The van der Waals surface area contributed by atoms with Crippen molar-refractivity contribution in [3.8, 4) is 0 Å². The van der Waals surface area contributed by atoms with Crippen LogP contribution in [0.25, 0.3) is 0 Å². The van der Waals surface area contributed by atoms with Crippen LogP contribution in [0.1, 0.15) is 6.92 Å². The van der Waals surface area contributed by atoms with E-state index in [1.165, 1.54) is 0 Å². The molecule has 0 radical (unpaired) electrons. The van der Waals surface area contributed by atoms with Crippen LogP contribution in [0.5, 0.6) is 0 Å². The van der Waals surface area contributed by atoms with E-state index in [0.717, 1.165) is 0 Å². The Bertz CT molecular complexity index is 75.3. The van der Waals surface area contributed by atoms with E-state index in [0.29, 0.717) is 5.12 Å². The van der Waals surface area contributed by atoms with Crippen molar-refractivity contribution in [3.63, 3.8) is 0 Å². The van der Waals surface area contributed by atoms with Gasteiger partial charge in [0.1, 0.15) is 0 Å². The Labute approximate surface area is 47.0 Å². The van der Waals surface area contributed by atoms with Gasteiger partial charge >= 0.3 is 0 Å². The Kier molecular flexibility index (Phi) is 2.59. The van der Waals surface area contributed by atoms with Gasteiger partial charge in [0.2, 0.25) is 0 Å². The maximum atomic E-state index is 11.8. The molecular weight excluding hydrogens is 115 g/mol. The van der Waals surface area contributed by atoms with Crippen LogP contribution in [0.15, 0.2) is 0 Å². The quantitative estimate of drug-likeness (QED) is 0.404. The number of nitrogens with two attached hydrogens (primary N) is 1. The van der Waals surface area contributed by atoms with Gasteiger partial charge in [0.05, 0.1) is 6.54 Å². The van der Waals surface area contributed by atoms with Gasteiger partial charge in [-0.1, -0.05) is 4.48 Å². The van der Waals surface area contributed by atoms with Gasteiger partial charge < -0.3 is 5.73 Å². The van der Waals surface area contributed by atoms with Gasteiger partial charge in [0.15, 0.2) is 5.11 Å². The molecule has 2 nitrogen and oxygen atoms in total. The molecule has 2 N–H and O–H groups in total. The van der Waals surface area contributed by atoms with Crippen molar-refractivity contribution >= 4 is 17.3 Å². The number of hydrogen-bond acceptors (Lipinski definition) is 1. The monoisotopic (exact) mass is 122 g/mol. The highest BCUT2D eigenvalue weighted by Gasteiger charge is 1.95. The fraction of sp³-hybridized carbons (Fsp3) is 0.667. The lowest BCUT2D eigenvalue weighted by Gasteiger charge is -2.04. The van der Waals surface area contributed by atoms with E-state index < -0.39 is 0 Å². The Balaban J connectivity index is 3.34. The second-order valence-electron chi connectivity index (χ2n) is 1.02. The molecule has 0 heterocycles. The minimum absolute atomic E-state index is 0.206. The third kappa shape index (κ3) is 2.33. The molecule has 0 bridgehead atoms. The fourth-order valence-electron chi connectivity index (χ4n) is 0.156. The summed E-state index contributed by atoms with van der Waals surface area (Å²) in [5, 5.41) is 0.0949. The largest absolute Gasteiger partial charge is 0.374 e. The zero-order valence-corrected chi connectivity index (χ0v) is 4.83. The average Bonchev–Trinajstić information content (AvgIpc) is 1.65. The second kappa shape index (κ2) is 2.74. The third-order valence-corrected chi connectivity index (χ3v) is 0.715. The molecule has 7 heavy (non-hydrogen) atoms. The first-order valence-corrected chi connectivity index (χ1v) is 2.32. The topological polar surface area (TPSA) is 29.3 Å². The molecule has 0 rings (SSSR count). The van der Waals surface area contributed by atoms with Gasteiger partial charge in [0.25, 0.3) is 0 Å². The number of thiocarbonyl (C=S) groups is 1. The molecule has 0 aromatic rings. The smallest absolute Gasteiger partial charge is 0.194 e. The van der Waals surface area contributed by atoms with Crippen molar-refractivity contribution in [2.75, 3.05) is 6.54 Å². The number of rotatable bonds is 1. The van der Waals surface area contributed by atoms with Gasteiger partial charge in [-0.25, -0.2) is 0 Å². The standard InChI is InChI=1S/C3H7FN2S/c1-2-6(4)3(5)7/h2H2,1H3,(H2,5,7). The van der Waals surface area contributed by atoms with Crippen molar-refractivity contribution in [1.82, 2.24) is 5.12 Å². The van der Waals surface area contributed by atoms with Crippen LogP contribution < -0.4 is 5.73 Å². The van der Waals surface area contributed by atoms with E-state index in [1.807, 2.05) is 0 Å². The van der Waals surface area contributed by atoms with E-state index in [9.17, 15) is 4.48 Å². The summed E-state index contributed by atoms with van der Waals surface area (Å²) in [7, 11) is 0. The predicted molar refractivity (Wildman–Crippen MR) is 30.3 cm³/mol. The summed E-state index contributed by atoms with van der Waals surface area (Å²) in [5.74, 6) is 0. The molecule has 4 heteroatoms. The molecule has 0 saturated carbocycles. The molecular formula is C3H7FN2S. The molecule has 0 aromatic heterocycles. The molecule has 0 fully saturated rings. The Morgan fingerprint density at radius 1 is 2.00 bits per heavy atom. The molecule has 0 aliphatic carbocycles. The van der Waals surface area contributed by atoms with E-state index in [4.69, 9.17) is 5.73 Å². The lowest BCUT2D eigenvalue weighted by Crippen LogP contribution is -2.27. The van der Waals surface area contributed by atoms with Crippen molar-refractivity contribution < 1.29 is 4.48 Å². The summed E-state index contributed by atoms with van der Waals surface area (Å²) < 4.78 is 11.8. The lowest BCUT2D eigenvalue weighted by molar-refractivity contribution is 0.131. The minimum Gasteiger partial charge on any atom is -0.374 e. The predicted octanol–water partition coefficient (Wildman–Crippen LogP) is 0.436. The number of halogens is 1. The molecule has 0 unspecified atom stereocenters. The van der Waals surface area contributed by atoms with Gasteiger partial charge in [0, 0.05) is 0 Å². The maximum Gasteiger partial charge on any atom is 0.194 e. The zero-order chi connectivity index (χ0) is 5.86. The van der Waals surface area contributed by atoms with Crippen molar-refractivity contribution in [2.24, 2.45) is 5.73 Å². The van der Waals surface area contributed by atoms with Gasteiger partial charge in [-0.2, -0.15) is 5.12 Å². The SMILES string of the molecule is CCN(F)C(N)=S. The van der Waals surface area contributed by atoms with Crippen LogP contribution in [0.4, 0.5) is 4.48 Å². The molecule has 0 aliphatic heterocycles. The number of nitrogens with zero attached hydrogens (tertiary/aromatic N) is 1. The molecule has 42 valence electrons. The Morgan fingerprint density at radius 3 is 2.43 bits per heavy atom. The molecule has 0 saturated heterocycles. The summed E-state index contributed by atoms with van der Waals surface area (Å²) in [6, 6.07) is 0. The molecule has 0 spiro atoms. The first-order valence-electron chi connectivity index (χ1n) is 1.91. The highest BCUT2D eigenvalue weighted by atomic mass is 32.1. The van der Waals surface area contributed by atoms with Crippen LogP contribution >= 0.6 is 12.2 Å². The van der Waals surface area contributed by atoms with Gasteiger partial charge in [-0.05, 0) is 19.1 Å². The van der Waals surface area contributed by atoms with Crippen molar-refractivity contribution in [3.05, 3.63) is 0 Å². The van der Waals surface area contributed by atoms with E-state index in [2.05, 4.69) is 12.2 Å². The Hall–Kier alpha value is -0.380. The summed E-state index contributed by atoms with van der Waals surface area (Å²) >= 11 is 4.25. The van der Waals surface area contributed by atoms with E-state index >= 15 is 0 Å². The summed E-state index contributed by atoms with van der Waals surface area (Å²) in [4.78, 5) is 0. The van der Waals surface area contributed by atoms with Crippen LogP contribution in [-0.4, -0.2) is 16.8 Å². The summed E-state index contributed by atoms with van der Waals surface area (Å²) in [5.41, 5.74) is 4.83. The first kappa shape index (κ1) is 6.62. The summed E-state index contributed by atoms with van der Waals surface area (Å²) in [6.45, 7) is 1.84.